The number of aromatic carboxylic acids is 1. The van der Waals surface area contributed by atoms with Gasteiger partial charge >= 0.3 is 5.97 Å². The van der Waals surface area contributed by atoms with Gasteiger partial charge in [0, 0.05) is 18.8 Å². The van der Waals surface area contributed by atoms with Gasteiger partial charge in [-0.15, -0.1) is 0 Å². The summed E-state index contributed by atoms with van der Waals surface area (Å²) in [6.45, 7) is 2.39. The maximum atomic E-state index is 12.4. The van der Waals surface area contributed by atoms with E-state index in [1.807, 2.05) is 6.92 Å². The van der Waals surface area contributed by atoms with Gasteiger partial charge in [-0.05, 0) is 25.3 Å². The molecule has 1 aromatic heterocycles. The number of aromatic nitrogens is 1. The number of nitrogens with one attached hydrogen (secondary N) is 1. The highest BCUT2D eigenvalue weighted by Gasteiger charge is 2.37. The minimum Gasteiger partial charge on any atom is -0.477 e. The minimum absolute atomic E-state index is 0.0280. The Morgan fingerprint density at radius 3 is 2.67 bits per heavy atom. The molecule has 2 N–H and O–H groups in total. The van der Waals surface area contributed by atoms with Gasteiger partial charge in [-0.1, -0.05) is 6.92 Å². The zero-order valence-electron chi connectivity index (χ0n) is 10.1. The summed E-state index contributed by atoms with van der Waals surface area (Å²) in [4.78, 5) is 13.2. The van der Waals surface area contributed by atoms with Gasteiger partial charge in [-0.3, -0.25) is 0 Å². The fourth-order valence-electron chi connectivity index (χ4n) is 1.86. The van der Waals surface area contributed by atoms with Crippen molar-refractivity contribution < 1.29 is 18.3 Å². The molecule has 7 heteroatoms. The third kappa shape index (κ3) is 2.41. The van der Waals surface area contributed by atoms with Gasteiger partial charge in [0.2, 0.25) is 10.0 Å². The summed E-state index contributed by atoms with van der Waals surface area (Å²) in [5.74, 6) is -1.16. The Labute approximate surface area is 106 Å². The third-order valence-corrected chi connectivity index (χ3v) is 4.82. The van der Waals surface area contributed by atoms with Crippen LogP contribution in [0, 0.1) is 0 Å². The smallest absolute Gasteiger partial charge is 0.352 e. The number of aromatic amines is 1. The Balaban J connectivity index is 2.30. The van der Waals surface area contributed by atoms with Crippen molar-refractivity contribution in [3.63, 3.8) is 0 Å². The quantitative estimate of drug-likeness (QED) is 0.816. The number of carboxylic acid groups (broad SMARTS) is 1. The van der Waals surface area contributed by atoms with Crippen molar-refractivity contribution in [3.05, 3.63) is 18.0 Å². The van der Waals surface area contributed by atoms with Crippen LogP contribution in [0.5, 0.6) is 0 Å². The second-order valence-corrected chi connectivity index (χ2v) is 6.29. The van der Waals surface area contributed by atoms with E-state index >= 15 is 0 Å². The molecule has 2 rings (SSSR count). The number of rotatable bonds is 6. The lowest BCUT2D eigenvalue weighted by atomic mass is 10.4. The number of nitrogens with zero attached hydrogens (tertiary/aromatic N) is 1. The Morgan fingerprint density at radius 2 is 2.22 bits per heavy atom. The van der Waals surface area contributed by atoms with Crippen LogP contribution in [-0.4, -0.2) is 41.4 Å². The summed E-state index contributed by atoms with van der Waals surface area (Å²) < 4.78 is 26.2. The van der Waals surface area contributed by atoms with E-state index in [1.54, 1.807) is 0 Å². The van der Waals surface area contributed by atoms with Crippen LogP contribution in [0.3, 0.4) is 0 Å². The van der Waals surface area contributed by atoms with Gasteiger partial charge in [0.05, 0.1) is 0 Å². The van der Waals surface area contributed by atoms with E-state index in [1.165, 1.54) is 16.6 Å². The van der Waals surface area contributed by atoms with Crippen LogP contribution in [0.1, 0.15) is 36.7 Å². The predicted octanol–water partition coefficient (Wildman–Crippen LogP) is 1.28. The average molecular weight is 272 g/mol. The number of H-pyrrole nitrogens is 1. The van der Waals surface area contributed by atoms with Gasteiger partial charge in [-0.2, -0.15) is 4.31 Å². The Morgan fingerprint density at radius 1 is 1.56 bits per heavy atom. The topological polar surface area (TPSA) is 90.5 Å². The Kier molecular flexibility index (Phi) is 3.45. The van der Waals surface area contributed by atoms with Gasteiger partial charge in [0.15, 0.2) is 0 Å². The molecular formula is C11H16N2O4S. The Hall–Kier alpha value is -1.34. The molecule has 1 aliphatic rings. The monoisotopic (exact) mass is 272 g/mol. The molecule has 0 aliphatic heterocycles. The van der Waals surface area contributed by atoms with Crippen molar-refractivity contribution in [2.75, 3.05) is 6.54 Å². The molecule has 1 aromatic rings. The summed E-state index contributed by atoms with van der Waals surface area (Å²) in [5.41, 5.74) is -0.110. The summed E-state index contributed by atoms with van der Waals surface area (Å²) in [7, 11) is -3.57. The highest BCUT2D eigenvalue weighted by atomic mass is 32.2. The molecule has 1 fully saturated rings. The molecule has 1 heterocycles. The molecular weight excluding hydrogens is 256 g/mol. The van der Waals surface area contributed by atoms with E-state index in [4.69, 9.17) is 5.11 Å². The van der Waals surface area contributed by atoms with Crippen molar-refractivity contribution in [2.45, 2.75) is 37.1 Å². The number of hydrogen-bond acceptors (Lipinski definition) is 3. The highest BCUT2D eigenvalue weighted by molar-refractivity contribution is 7.89. The number of carboxylic acids is 1. The van der Waals surface area contributed by atoms with Crippen LogP contribution in [0.15, 0.2) is 17.2 Å². The van der Waals surface area contributed by atoms with Crippen molar-refractivity contribution in [3.8, 4) is 0 Å². The molecule has 18 heavy (non-hydrogen) atoms. The van der Waals surface area contributed by atoms with E-state index in [0.717, 1.165) is 19.3 Å². The third-order valence-electron chi connectivity index (χ3n) is 2.89. The van der Waals surface area contributed by atoms with Gasteiger partial charge in [-0.25, -0.2) is 13.2 Å². The van der Waals surface area contributed by atoms with Crippen molar-refractivity contribution in [2.24, 2.45) is 0 Å². The molecule has 0 spiro atoms. The van der Waals surface area contributed by atoms with E-state index in [0.29, 0.717) is 6.54 Å². The van der Waals surface area contributed by atoms with Crippen LogP contribution >= 0.6 is 0 Å². The SMILES string of the molecule is CCCN(C1CC1)S(=O)(=O)c1c[nH]c(C(=O)O)c1. The molecule has 0 radical (unpaired) electrons. The van der Waals surface area contributed by atoms with Crippen molar-refractivity contribution in [1.82, 2.24) is 9.29 Å². The van der Waals surface area contributed by atoms with E-state index < -0.39 is 16.0 Å². The maximum absolute atomic E-state index is 12.4. The second-order valence-electron chi connectivity index (χ2n) is 4.40. The first-order valence-corrected chi connectivity index (χ1v) is 7.34. The molecule has 100 valence electrons. The first-order valence-electron chi connectivity index (χ1n) is 5.90. The number of carbonyl (C=O) groups is 1. The molecule has 0 saturated heterocycles. The van der Waals surface area contributed by atoms with E-state index in [9.17, 15) is 13.2 Å². The zero-order valence-corrected chi connectivity index (χ0v) is 10.9. The normalized spacial score (nSPS) is 16.1. The first-order chi connectivity index (χ1) is 8.46. The van der Waals surface area contributed by atoms with Crippen LogP contribution < -0.4 is 0 Å². The minimum atomic E-state index is -3.57. The average Bonchev–Trinajstić information content (AvgIpc) is 2.99. The number of sulfonamides is 1. The molecule has 1 saturated carbocycles. The second kappa shape index (κ2) is 4.74. The summed E-state index contributed by atoms with van der Waals surface area (Å²) >= 11 is 0. The van der Waals surface area contributed by atoms with Gasteiger partial charge in [0.1, 0.15) is 10.6 Å². The number of hydrogen-bond donors (Lipinski definition) is 2. The summed E-state index contributed by atoms with van der Waals surface area (Å²) in [5, 5.41) is 8.79. The van der Waals surface area contributed by atoms with Crippen molar-refractivity contribution >= 4 is 16.0 Å². The fourth-order valence-corrected chi connectivity index (χ4v) is 3.64. The van der Waals surface area contributed by atoms with Crippen LogP contribution in [0.4, 0.5) is 0 Å². The largest absolute Gasteiger partial charge is 0.477 e. The fraction of sp³-hybridized carbons (Fsp3) is 0.545. The molecule has 1 aliphatic carbocycles. The summed E-state index contributed by atoms with van der Waals surface area (Å²) in [6, 6.07) is 1.25. The van der Waals surface area contributed by atoms with Crippen LogP contribution in [0.25, 0.3) is 0 Å². The predicted molar refractivity (Wildman–Crippen MR) is 65.0 cm³/mol. The van der Waals surface area contributed by atoms with Gasteiger partial charge < -0.3 is 10.1 Å². The van der Waals surface area contributed by atoms with Crippen LogP contribution in [-0.2, 0) is 10.0 Å². The standard InChI is InChI=1S/C11H16N2O4S/c1-2-5-13(8-3-4-8)18(16,17)9-6-10(11(14)15)12-7-9/h6-8,12H,2-5H2,1H3,(H,14,15). The van der Waals surface area contributed by atoms with E-state index in [2.05, 4.69) is 4.98 Å². The summed E-state index contributed by atoms with van der Waals surface area (Å²) in [6.07, 6.45) is 3.75. The first kappa shape index (κ1) is 13.1. The molecule has 0 bridgehead atoms. The Bertz CT molecular complexity index is 545. The van der Waals surface area contributed by atoms with Gasteiger partial charge in [0.25, 0.3) is 0 Å². The molecule has 0 amide bonds. The lowest BCUT2D eigenvalue weighted by Gasteiger charge is -2.20. The lowest BCUT2D eigenvalue weighted by molar-refractivity contribution is 0.0691. The molecule has 0 aromatic carbocycles. The zero-order chi connectivity index (χ0) is 13.3. The maximum Gasteiger partial charge on any atom is 0.352 e. The van der Waals surface area contributed by atoms with Crippen LogP contribution in [0.2, 0.25) is 0 Å². The lowest BCUT2D eigenvalue weighted by Crippen LogP contribution is -2.33. The van der Waals surface area contributed by atoms with Crippen molar-refractivity contribution in [1.29, 1.82) is 0 Å². The molecule has 6 nitrogen and oxygen atoms in total. The molecule has 0 unspecified atom stereocenters. The van der Waals surface area contributed by atoms with E-state index in [-0.39, 0.29) is 16.6 Å². The highest BCUT2D eigenvalue weighted by Crippen LogP contribution is 2.32. The molecule has 0 atom stereocenters.